The highest BCUT2D eigenvalue weighted by molar-refractivity contribution is 4.88. The Morgan fingerprint density at radius 2 is 1.94 bits per heavy atom. The van der Waals surface area contributed by atoms with Crippen molar-refractivity contribution in [3.05, 3.63) is 0 Å². The Labute approximate surface area is 102 Å². The molecule has 0 heterocycles. The fourth-order valence-electron chi connectivity index (χ4n) is 2.11. The molecule has 2 unspecified atom stereocenters. The lowest BCUT2D eigenvalue weighted by Gasteiger charge is -2.31. The van der Waals surface area contributed by atoms with Crippen LogP contribution in [0.4, 0.5) is 13.2 Å². The van der Waals surface area contributed by atoms with Crippen molar-refractivity contribution in [2.45, 2.75) is 51.4 Å². The van der Waals surface area contributed by atoms with E-state index in [0.717, 1.165) is 19.3 Å². The molecule has 1 rings (SSSR count). The average Bonchev–Trinajstić information content (AvgIpc) is 3.05. The average molecular weight is 252 g/mol. The van der Waals surface area contributed by atoms with Gasteiger partial charge in [-0.2, -0.15) is 13.2 Å². The van der Waals surface area contributed by atoms with E-state index in [4.69, 9.17) is 0 Å². The van der Waals surface area contributed by atoms with Gasteiger partial charge in [0.1, 0.15) is 0 Å². The van der Waals surface area contributed by atoms with Crippen molar-refractivity contribution < 1.29 is 13.2 Å². The van der Waals surface area contributed by atoms with Crippen LogP contribution in [0.15, 0.2) is 0 Å². The lowest BCUT2D eigenvalue weighted by atomic mass is 9.99. The summed E-state index contributed by atoms with van der Waals surface area (Å²) in [6.07, 6.45) is -1.29. The summed E-state index contributed by atoms with van der Waals surface area (Å²) < 4.78 is 37.4. The highest BCUT2D eigenvalue weighted by Gasteiger charge is 2.39. The van der Waals surface area contributed by atoms with Crippen LogP contribution in [0.5, 0.6) is 0 Å². The van der Waals surface area contributed by atoms with Crippen molar-refractivity contribution in [1.29, 1.82) is 0 Å². The van der Waals surface area contributed by atoms with E-state index >= 15 is 0 Å². The van der Waals surface area contributed by atoms with Crippen molar-refractivity contribution in [3.8, 4) is 0 Å². The first-order valence-electron chi connectivity index (χ1n) is 6.35. The van der Waals surface area contributed by atoms with E-state index in [-0.39, 0.29) is 12.1 Å². The van der Waals surface area contributed by atoms with Crippen LogP contribution < -0.4 is 5.32 Å². The first kappa shape index (κ1) is 14.8. The molecular formula is C12H23F3N2. The molecule has 0 radical (unpaired) electrons. The first-order chi connectivity index (χ1) is 7.87. The maximum Gasteiger partial charge on any atom is 0.401 e. The van der Waals surface area contributed by atoms with Crippen LogP contribution in [-0.4, -0.2) is 43.3 Å². The molecule has 0 aliphatic heterocycles. The van der Waals surface area contributed by atoms with Crippen LogP contribution in [0.3, 0.4) is 0 Å². The van der Waals surface area contributed by atoms with Gasteiger partial charge in [0.05, 0.1) is 6.54 Å². The van der Waals surface area contributed by atoms with E-state index in [2.05, 4.69) is 19.2 Å². The van der Waals surface area contributed by atoms with Crippen LogP contribution in [0.2, 0.25) is 0 Å². The summed E-state index contributed by atoms with van der Waals surface area (Å²) in [6.45, 7) is 3.88. The molecule has 102 valence electrons. The van der Waals surface area contributed by atoms with E-state index < -0.39 is 12.7 Å². The normalized spacial score (nSPS) is 20.6. The summed E-state index contributed by atoms with van der Waals surface area (Å²) in [5.41, 5.74) is 0. The Balaban J connectivity index is 2.53. The lowest BCUT2D eigenvalue weighted by Crippen LogP contribution is -2.47. The number of nitrogens with zero attached hydrogens (tertiary/aromatic N) is 1. The monoisotopic (exact) mass is 252 g/mol. The van der Waals surface area contributed by atoms with Gasteiger partial charge >= 0.3 is 6.18 Å². The Morgan fingerprint density at radius 1 is 1.35 bits per heavy atom. The molecule has 1 aliphatic rings. The van der Waals surface area contributed by atoms with Gasteiger partial charge in [-0.05, 0) is 25.8 Å². The molecule has 2 nitrogen and oxygen atoms in total. The Hall–Kier alpha value is -0.290. The molecule has 0 spiro atoms. The van der Waals surface area contributed by atoms with E-state index in [1.54, 1.807) is 4.90 Å². The molecule has 1 aliphatic carbocycles. The number of nitrogens with one attached hydrogen (secondary N) is 1. The molecule has 0 aromatic rings. The zero-order chi connectivity index (χ0) is 13.1. The predicted molar refractivity (Wildman–Crippen MR) is 63.0 cm³/mol. The molecule has 1 saturated carbocycles. The lowest BCUT2D eigenvalue weighted by molar-refractivity contribution is -0.148. The van der Waals surface area contributed by atoms with Crippen LogP contribution in [0.1, 0.15) is 33.1 Å². The molecule has 0 amide bonds. The standard InChI is InChI=1S/C12H23F3N2/c1-4-9(2)11(16-3)7-17(10-5-6-10)8-12(13,14)15/h9-11,16H,4-8H2,1-3H3. The molecular weight excluding hydrogens is 229 g/mol. The SMILES string of the molecule is CCC(C)C(CN(CC(F)(F)F)C1CC1)NC. The first-order valence-corrected chi connectivity index (χ1v) is 6.35. The predicted octanol–water partition coefficient (Wildman–Crippen LogP) is 2.65. The van der Waals surface area contributed by atoms with Gasteiger partial charge in [0.2, 0.25) is 0 Å². The molecule has 1 fully saturated rings. The van der Waals surface area contributed by atoms with Crippen LogP contribution >= 0.6 is 0 Å². The number of likely N-dealkylation sites (N-methyl/N-ethyl adjacent to an activating group) is 1. The minimum Gasteiger partial charge on any atom is -0.315 e. The maximum atomic E-state index is 12.5. The third kappa shape index (κ3) is 5.25. The highest BCUT2D eigenvalue weighted by Crippen LogP contribution is 2.30. The highest BCUT2D eigenvalue weighted by atomic mass is 19.4. The summed E-state index contributed by atoms with van der Waals surface area (Å²) in [7, 11) is 1.83. The van der Waals surface area contributed by atoms with Gasteiger partial charge in [-0.25, -0.2) is 0 Å². The van der Waals surface area contributed by atoms with Crippen molar-refractivity contribution >= 4 is 0 Å². The molecule has 0 saturated heterocycles. The van der Waals surface area contributed by atoms with E-state index in [1.165, 1.54) is 0 Å². The second-order valence-electron chi connectivity index (χ2n) is 5.06. The number of alkyl halides is 3. The third-order valence-electron chi connectivity index (χ3n) is 3.58. The fourth-order valence-corrected chi connectivity index (χ4v) is 2.11. The van der Waals surface area contributed by atoms with Gasteiger partial charge in [-0.1, -0.05) is 20.3 Å². The minimum absolute atomic E-state index is 0.142. The van der Waals surface area contributed by atoms with Gasteiger partial charge in [-0.3, -0.25) is 4.90 Å². The Kier molecular flexibility index (Phi) is 5.25. The fraction of sp³-hybridized carbons (Fsp3) is 1.00. The molecule has 17 heavy (non-hydrogen) atoms. The molecule has 0 aromatic heterocycles. The van der Waals surface area contributed by atoms with E-state index in [1.807, 2.05) is 7.05 Å². The number of halogens is 3. The second-order valence-corrected chi connectivity index (χ2v) is 5.06. The van der Waals surface area contributed by atoms with E-state index in [9.17, 15) is 13.2 Å². The van der Waals surface area contributed by atoms with Crippen LogP contribution in [0, 0.1) is 5.92 Å². The third-order valence-corrected chi connectivity index (χ3v) is 3.58. The Bertz CT molecular complexity index is 226. The van der Waals surface area contributed by atoms with Crippen molar-refractivity contribution in [2.75, 3.05) is 20.1 Å². The van der Waals surface area contributed by atoms with Crippen molar-refractivity contribution in [1.82, 2.24) is 10.2 Å². The number of rotatable bonds is 7. The molecule has 1 N–H and O–H groups in total. The second kappa shape index (κ2) is 6.05. The minimum atomic E-state index is -4.09. The van der Waals surface area contributed by atoms with Gasteiger partial charge < -0.3 is 5.32 Å². The van der Waals surface area contributed by atoms with Crippen LogP contribution in [-0.2, 0) is 0 Å². The van der Waals surface area contributed by atoms with Gasteiger partial charge in [-0.15, -0.1) is 0 Å². The molecule has 5 heteroatoms. The smallest absolute Gasteiger partial charge is 0.315 e. The summed E-state index contributed by atoms with van der Waals surface area (Å²) in [6, 6.07) is 0.291. The topological polar surface area (TPSA) is 15.3 Å². The zero-order valence-corrected chi connectivity index (χ0v) is 10.8. The van der Waals surface area contributed by atoms with Crippen molar-refractivity contribution in [2.24, 2.45) is 5.92 Å². The molecule has 0 bridgehead atoms. The van der Waals surface area contributed by atoms with Gasteiger partial charge in [0.25, 0.3) is 0 Å². The van der Waals surface area contributed by atoms with Crippen molar-refractivity contribution in [3.63, 3.8) is 0 Å². The summed E-state index contributed by atoms with van der Waals surface area (Å²) in [5.74, 6) is 0.398. The zero-order valence-electron chi connectivity index (χ0n) is 10.8. The summed E-state index contributed by atoms with van der Waals surface area (Å²) in [4.78, 5) is 1.59. The number of hydrogen-bond donors (Lipinski definition) is 1. The van der Waals surface area contributed by atoms with Gasteiger partial charge in [0, 0.05) is 18.6 Å². The largest absolute Gasteiger partial charge is 0.401 e. The summed E-state index contributed by atoms with van der Waals surface area (Å²) in [5, 5.41) is 3.14. The van der Waals surface area contributed by atoms with Gasteiger partial charge in [0.15, 0.2) is 0 Å². The van der Waals surface area contributed by atoms with E-state index in [0.29, 0.717) is 12.5 Å². The quantitative estimate of drug-likeness (QED) is 0.749. The maximum absolute atomic E-state index is 12.5. The molecule has 0 aromatic carbocycles. The number of hydrogen-bond acceptors (Lipinski definition) is 2. The summed E-state index contributed by atoms with van der Waals surface area (Å²) >= 11 is 0. The Morgan fingerprint density at radius 3 is 2.29 bits per heavy atom. The van der Waals surface area contributed by atoms with Crippen LogP contribution in [0.25, 0.3) is 0 Å². The molecule has 2 atom stereocenters.